The van der Waals surface area contributed by atoms with Gasteiger partial charge in [-0.3, -0.25) is 4.79 Å². The molecule has 1 aromatic heterocycles. The number of nitrogens with zero attached hydrogens (tertiary/aromatic N) is 1. The molecule has 0 bridgehead atoms. The van der Waals surface area contributed by atoms with E-state index in [1.165, 1.54) is 6.92 Å². The molecular formula is C14H14ClNO4. The van der Waals surface area contributed by atoms with E-state index in [2.05, 4.69) is 4.98 Å². The van der Waals surface area contributed by atoms with E-state index in [0.717, 1.165) is 5.56 Å². The number of oxazole rings is 1. The Morgan fingerprint density at radius 1 is 1.45 bits per heavy atom. The van der Waals surface area contributed by atoms with Gasteiger partial charge in [-0.15, -0.1) is 0 Å². The monoisotopic (exact) mass is 295 g/mol. The van der Waals surface area contributed by atoms with Gasteiger partial charge in [0.25, 0.3) is 0 Å². The van der Waals surface area contributed by atoms with Gasteiger partial charge in [-0.05, 0) is 26.0 Å². The maximum Gasteiger partial charge on any atom is 0.394 e. The van der Waals surface area contributed by atoms with Gasteiger partial charge in [0.05, 0.1) is 6.61 Å². The number of ether oxygens (including phenoxy) is 1. The number of benzene rings is 1. The zero-order valence-corrected chi connectivity index (χ0v) is 11.8. The Morgan fingerprint density at radius 3 is 2.65 bits per heavy atom. The topological polar surface area (TPSA) is 72.6 Å². The van der Waals surface area contributed by atoms with Crippen LogP contribution in [-0.2, 0) is 4.79 Å². The van der Waals surface area contributed by atoms with Crippen LogP contribution in [0.4, 0.5) is 0 Å². The second-order valence-corrected chi connectivity index (χ2v) is 4.63. The summed E-state index contributed by atoms with van der Waals surface area (Å²) >= 11 is 5.84. The van der Waals surface area contributed by atoms with Gasteiger partial charge in [0, 0.05) is 10.6 Å². The van der Waals surface area contributed by atoms with Gasteiger partial charge in [0.2, 0.25) is 0 Å². The Hall–Kier alpha value is -2.01. The normalized spacial score (nSPS) is 12.2. The van der Waals surface area contributed by atoms with Crippen LogP contribution in [0.25, 0.3) is 11.3 Å². The molecule has 1 heterocycles. The molecule has 0 aliphatic heterocycles. The minimum absolute atomic E-state index is 0.0700. The predicted molar refractivity (Wildman–Crippen MR) is 74.2 cm³/mol. The highest BCUT2D eigenvalue weighted by Gasteiger charge is 2.25. The van der Waals surface area contributed by atoms with Gasteiger partial charge < -0.3 is 14.3 Å². The molecule has 2 rings (SSSR count). The summed E-state index contributed by atoms with van der Waals surface area (Å²) in [5.41, 5.74) is 1.19. The first kappa shape index (κ1) is 14.4. The zero-order chi connectivity index (χ0) is 14.7. The fourth-order valence-corrected chi connectivity index (χ4v) is 1.84. The van der Waals surface area contributed by atoms with Crippen LogP contribution in [0.15, 0.2) is 28.7 Å². The summed E-state index contributed by atoms with van der Waals surface area (Å²) < 4.78 is 10.6. The summed E-state index contributed by atoms with van der Waals surface area (Å²) in [5, 5.41) is 9.73. The molecule has 1 aromatic carbocycles. The third-order valence-electron chi connectivity index (χ3n) is 2.78. The van der Waals surface area contributed by atoms with Crippen molar-refractivity contribution in [2.45, 2.75) is 19.8 Å². The Balaban J connectivity index is 2.49. The molecule has 5 nitrogen and oxygen atoms in total. The first-order chi connectivity index (χ1) is 9.52. The summed E-state index contributed by atoms with van der Waals surface area (Å²) in [4.78, 5) is 15.4. The van der Waals surface area contributed by atoms with Crippen molar-refractivity contribution in [3.05, 3.63) is 35.0 Å². The van der Waals surface area contributed by atoms with Crippen molar-refractivity contribution < 1.29 is 19.1 Å². The second kappa shape index (κ2) is 5.96. The van der Waals surface area contributed by atoms with Crippen molar-refractivity contribution in [2.24, 2.45) is 0 Å². The quantitative estimate of drug-likeness (QED) is 0.912. The summed E-state index contributed by atoms with van der Waals surface area (Å²) in [6.07, 6.45) is 0.0700. The SMILES string of the molecule is CCOc1nc(-c2ccc(Cl)cc2)c(C(C)C(=O)O)o1. The van der Waals surface area contributed by atoms with Crippen LogP contribution in [0.2, 0.25) is 5.02 Å². The first-order valence-electron chi connectivity index (χ1n) is 6.15. The summed E-state index contributed by atoms with van der Waals surface area (Å²) in [7, 11) is 0. The Morgan fingerprint density at radius 2 is 2.10 bits per heavy atom. The standard InChI is InChI=1S/C14H14ClNO4/c1-3-19-14-16-11(9-4-6-10(15)7-5-9)12(20-14)8(2)13(17)18/h4-8H,3H2,1-2H3,(H,17,18). The summed E-state index contributed by atoms with van der Waals surface area (Å²) in [6, 6.07) is 6.93. The van der Waals surface area contributed by atoms with E-state index in [1.54, 1.807) is 31.2 Å². The number of hydrogen-bond donors (Lipinski definition) is 1. The van der Waals surface area contributed by atoms with Crippen molar-refractivity contribution >= 4 is 17.6 Å². The lowest BCUT2D eigenvalue weighted by molar-refractivity contribution is -0.138. The Bertz CT molecular complexity index is 606. The average molecular weight is 296 g/mol. The van der Waals surface area contributed by atoms with Crippen LogP contribution in [0.1, 0.15) is 25.5 Å². The number of carboxylic acids is 1. The number of carboxylic acid groups (broad SMARTS) is 1. The van der Waals surface area contributed by atoms with Crippen molar-refractivity contribution in [1.82, 2.24) is 4.98 Å². The molecule has 1 unspecified atom stereocenters. The highest BCUT2D eigenvalue weighted by molar-refractivity contribution is 6.30. The van der Waals surface area contributed by atoms with E-state index in [0.29, 0.717) is 17.3 Å². The molecule has 0 saturated carbocycles. The minimum atomic E-state index is -0.987. The molecular weight excluding hydrogens is 282 g/mol. The molecule has 0 spiro atoms. The van der Waals surface area contributed by atoms with Gasteiger partial charge in [0.1, 0.15) is 17.4 Å². The molecule has 0 fully saturated rings. The Labute approximate surface area is 121 Å². The van der Waals surface area contributed by atoms with Gasteiger partial charge in [-0.2, -0.15) is 4.98 Å². The van der Waals surface area contributed by atoms with E-state index < -0.39 is 11.9 Å². The lowest BCUT2D eigenvalue weighted by Crippen LogP contribution is -2.07. The van der Waals surface area contributed by atoms with E-state index in [9.17, 15) is 4.79 Å². The largest absolute Gasteiger partial charge is 0.481 e. The van der Waals surface area contributed by atoms with Crippen LogP contribution >= 0.6 is 11.6 Å². The fraction of sp³-hybridized carbons (Fsp3) is 0.286. The Kier molecular flexibility index (Phi) is 4.29. The highest BCUT2D eigenvalue weighted by Crippen LogP contribution is 2.33. The van der Waals surface area contributed by atoms with Crippen molar-refractivity contribution in [3.8, 4) is 17.3 Å². The molecule has 0 aliphatic carbocycles. The van der Waals surface area contributed by atoms with E-state index in [-0.39, 0.29) is 11.8 Å². The molecule has 1 atom stereocenters. The minimum Gasteiger partial charge on any atom is -0.481 e. The lowest BCUT2D eigenvalue weighted by Gasteiger charge is -2.04. The summed E-state index contributed by atoms with van der Waals surface area (Å²) in [6.45, 7) is 3.73. The van der Waals surface area contributed by atoms with Crippen molar-refractivity contribution in [2.75, 3.05) is 6.61 Å². The molecule has 0 saturated heterocycles. The van der Waals surface area contributed by atoms with Crippen molar-refractivity contribution in [1.29, 1.82) is 0 Å². The zero-order valence-electron chi connectivity index (χ0n) is 11.1. The maximum atomic E-state index is 11.2. The second-order valence-electron chi connectivity index (χ2n) is 4.19. The lowest BCUT2D eigenvalue weighted by atomic mass is 10.0. The van der Waals surface area contributed by atoms with Gasteiger partial charge in [0.15, 0.2) is 0 Å². The molecule has 20 heavy (non-hydrogen) atoms. The molecule has 106 valence electrons. The van der Waals surface area contributed by atoms with Crippen LogP contribution in [0, 0.1) is 0 Å². The maximum absolute atomic E-state index is 11.2. The first-order valence-corrected chi connectivity index (χ1v) is 6.53. The third-order valence-corrected chi connectivity index (χ3v) is 3.03. The summed E-state index contributed by atoms with van der Waals surface area (Å²) in [5.74, 6) is -1.54. The number of carbonyl (C=O) groups is 1. The van der Waals surface area contributed by atoms with Gasteiger partial charge >= 0.3 is 12.0 Å². The number of aromatic nitrogens is 1. The van der Waals surface area contributed by atoms with Crippen LogP contribution in [0.3, 0.4) is 0 Å². The average Bonchev–Trinajstić information content (AvgIpc) is 2.83. The van der Waals surface area contributed by atoms with E-state index >= 15 is 0 Å². The van der Waals surface area contributed by atoms with Crippen LogP contribution in [0.5, 0.6) is 6.08 Å². The molecule has 6 heteroatoms. The number of rotatable bonds is 5. The van der Waals surface area contributed by atoms with Gasteiger partial charge in [-0.25, -0.2) is 0 Å². The van der Waals surface area contributed by atoms with E-state index in [1.807, 2.05) is 0 Å². The molecule has 0 aliphatic rings. The smallest absolute Gasteiger partial charge is 0.394 e. The number of halogens is 1. The van der Waals surface area contributed by atoms with Crippen LogP contribution in [-0.4, -0.2) is 22.7 Å². The van der Waals surface area contributed by atoms with E-state index in [4.69, 9.17) is 25.9 Å². The third kappa shape index (κ3) is 2.93. The fourth-order valence-electron chi connectivity index (χ4n) is 1.72. The molecule has 1 N–H and O–H groups in total. The molecule has 0 amide bonds. The van der Waals surface area contributed by atoms with Gasteiger partial charge in [-0.1, -0.05) is 23.7 Å². The molecule has 0 radical (unpaired) electrons. The predicted octanol–water partition coefficient (Wildman–Crippen LogP) is 3.58. The molecule has 2 aromatic rings. The van der Waals surface area contributed by atoms with Crippen molar-refractivity contribution in [3.63, 3.8) is 0 Å². The number of aliphatic carboxylic acids is 1. The van der Waals surface area contributed by atoms with Crippen LogP contribution < -0.4 is 4.74 Å². The number of hydrogen-bond acceptors (Lipinski definition) is 4. The highest BCUT2D eigenvalue weighted by atomic mass is 35.5.